The van der Waals surface area contributed by atoms with E-state index in [-0.39, 0.29) is 23.6 Å². The second kappa shape index (κ2) is 7.22. The van der Waals surface area contributed by atoms with E-state index in [1.54, 1.807) is 25.1 Å². The first-order valence-corrected chi connectivity index (χ1v) is 7.38. The molecule has 1 saturated heterocycles. The van der Waals surface area contributed by atoms with Crippen LogP contribution in [-0.2, 0) is 9.53 Å². The predicted octanol–water partition coefficient (Wildman–Crippen LogP) is 1.89. The van der Waals surface area contributed by atoms with E-state index in [4.69, 9.17) is 4.74 Å². The number of hydrogen-bond donors (Lipinski definition) is 1. The number of likely N-dealkylation sites (tertiary alicyclic amines) is 1. The van der Waals surface area contributed by atoms with Gasteiger partial charge in [-0.15, -0.1) is 0 Å². The first-order chi connectivity index (χ1) is 10.5. The van der Waals surface area contributed by atoms with Crippen LogP contribution in [0.1, 0.15) is 13.3 Å². The lowest BCUT2D eigenvalue weighted by Gasteiger charge is -2.36. The normalized spacial score (nSPS) is 22.1. The summed E-state index contributed by atoms with van der Waals surface area (Å²) in [7, 11) is 1.95. The summed E-state index contributed by atoms with van der Waals surface area (Å²) in [4.78, 5) is 24.9. The molecule has 120 valence electrons. The van der Waals surface area contributed by atoms with Crippen molar-refractivity contribution < 1.29 is 14.5 Å². The number of anilines is 1. The summed E-state index contributed by atoms with van der Waals surface area (Å²) in [5.41, 5.74) is 0.459. The summed E-state index contributed by atoms with van der Waals surface area (Å²) in [5, 5.41) is 14.3. The summed E-state index contributed by atoms with van der Waals surface area (Å²) in [6.45, 7) is 3.51. The van der Waals surface area contributed by atoms with Crippen LogP contribution in [0.3, 0.4) is 0 Å². The number of piperidine rings is 1. The highest BCUT2D eigenvalue weighted by Crippen LogP contribution is 2.28. The third-order valence-electron chi connectivity index (χ3n) is 3.85. The lowest BCUT2D eigenvalue weighted by molar-refractivity contribution is -0.384. The molecule has 0 amide bonds. The highest BCUT2D eigenvalue weighted by molar-refractivity contribution is 5.75. The molecule has 7 heteroatoms. The van der Waals surface area contributed by atoms with Crippen LogP contribution in [0.4, 0.5) is 11.4 Å². The number of carbonyl (C=O) groups is 1. The maximum absolute atomic E-state index is 12.1. The van der Waals surface area contributed by atoms with Gasteiger partial charge in [0.25, 0.3) is 5.69 Å². The Hall–Kier alpha value is -2.15. The van der Waals surface area contributed by atoms with Crippen molar-refractivity contribution in [3.05, 3.63) is 34.4 Å². The quantitative estimate of drug-likeness (QED) is 0.508. The Bertz CT molecular complexity index is 549. The number of rotatable bonds is 5. The molecule has 2 rings (SSSR count). The monoisotopic (exact) mass is 307 g/mol. The van der Waals surface area contributed by atoms with Crippen LogP contribution >= 0.6 is 0 Å². The number of nitro groups is 1. The molecule has 1 fully saturated rings. The molecule has 1 aromatic carbocycles. The molecule has 1 aliphatic heterocycles. The summed E-state index contributed by atoms with van der Waals surface area (Å²) < 4.78 is 5.14. The van der Waals surface area contributed by atoms with E-state index < -0.39 is 4.92 Å². The minimum Gasteiger partial charge on any atom is -0.466 e. The van der Waals surface area contributed by atoms with E-state index in [1.807, 2.05) is 7.05 Å². The second-order valence-electron chi connectivity index (χ2n) is 5.43. The van der Waals surface area contributed by atoms with Gasteiger partial charge < -0.3 is 15.0 Å². The Morgan fingerprint density at radius 3 is 2.91 bits per heavy atom. The van der Waals surface area contributed by atoms with Crippen molar-refractivity contribution in [2.24, 2.45) is 5.92 Å². The average Bonchev–Trinajstić information content (AvgIpc) is 2.49. The Morgan fingerprint density at radius 2 is 2.23 bits per heavy atom. The summed E-state index contributed by atoms with van der Waals surface area (Å²) >= 11 is 0. The van der Waals surface area contributed by atoms with Gasteiger partial charge in [-0.1, -0.05) is 12.1 Å². The number of carbonyl (C=O) groups excluding carboxylic acids is 1. The molecule has 2 unspecified atom stereocenters. The van der Waals surface area contributed by atoms with Gasteiger partial charge in [0.1, 0.15) is 5.69 Å². The Labute approximate surface area is 129 Å². The van der Waals surface area contributed by atoms with Gasteiger partial charge in [0, 0.05) is 18.7 Å². The highest BCUT2D eigenvalue weighted by Gasteiger charge is 2.35. The SMILES string of the molecule is CCOC(=O)C1CN(C)CCC1Nc1ccccc1[N+](=O)[O-]. The molecule has 0 bridgehead atoms. The Morgan fingerprint density at radius 1 is 1.50 bits per heavy atom. The van der Waals surface area contributed by atoms with Gasteiger partial charge in [0.2, 0.25) is 0 Å². The molecule has 22 heavy (non-hydrogen) atoms. The summed E-state index contributed by atoms with van der Waals surface area (Å²) in [6, 6.07) is 6.32. The molecule has 0 aromatic heterocycles. The zero-order valence-electron chi connectivity index (χ0n) is 12.8. The number of hydrogen-bond acceptors (Lipinski definition) is 6. The van der Waals surface area contributed by atoms with E-state index in [0.717, 1.165) is 13.0 Å². The molecule has 1 aliphatic rings. The number of esters is 1. The zero-order valence-corrected chi connectivity index (χ0v) is 12.8. The molecule has 1 N–H and O–H groups in total. The maximum Gasteiger partial charge on any atom is 0.312 e. The van der Waals surface area contributed by atoms with E-state index in [0.29, 0.717) is 18.8 Å². The molecule has 0 radical (unpaired) electrons. The first kappa shape index (κ1) is 16.2. The van der Waals surface area contributed by atoms with E-state index >= 15 is 0 Å². The van der Waals surface area contributed by atoms with Gasteiger partial charge in [-0.05, 0) is 33.0 Å². The number of nitrogens with one attached hydrogen (secondary N) is 1. The van der Waals surface area contributed by atoms with Crippen molar-refractivity contribution in [3.63, 3.8) is 0 Å². The summed E-state index contributed by atoms with van der Waals surface area (Å²) in [6.07, 6.45) is 0.728. The molecule has 0 aliphatic carbocycles. The van der Waals surface area contributed by atoms with Gasteiger partial charge in [-0.25, -0.2) is 0 Å². The third-order valence-corrected chi connectivity index (χ3v) is 3.85. The van der Waals surface area contributed by atoms with Crippen molar-refractivity contribution in [1.29, 1.82) is 0 Å². The van der Waals surface area contributed by atoms with Crippen LogP contribution in [-0.4, -0.2) is 48.6 Å². The number of nitrogens with zero attached hydrogens (tertiary/aromatic N) is 2. The lowest BCUT2D eigenvalue weighted by Crippen LogP contribution is -2.48. The molecule has 2 atom stereocenters. The van der Waals surface area contributed by atoms with Crippen LogP contribution in [0.5, 0.6) is 0 Å². The molecular weight excluding hydrogens is 286 g/mol. The fourth-order valence-corrected chi connectivity index (χ4v) is 2.73. The summed E-state index contributed by atoms with van der Waals surface area (Å²) in [5.74, 6) is -0.594. The standard InChI is InChI=1S/C15H21N3O4/c1-3-22-15(19)11-10-17(2)9-8-12(11)16-13-6-4-5-7-14(13)18(20)21/h4-7,11-12,16H,3,8-10H2,1-2H3. The fraction of sp³-hybridized carbons (Fsp3) is 0.533. The van der Waals surface area contributed by atoms with Crippen LogP contribution < -0.4 is 5.32 Å². The number of nitro benzene ring substituents is 1. The van der Waals surface area contributed by atoms with Crippen molar-refractivity contribution in [3.8, 4) is 0 Å². The molecule has 0 saturated carbocycles. The molecule has 0 spiro atoms. The highest BCUT2D eigenvalue weighted by atomic mass is 16.6. The lowest BCUT2D eigenvalue weighted by atomic mass is 9.92. The van der Waals surface area contributed by atoms with Crippen LogP contribution in [0.2, 0.25) is 0 Å². The smallest absolute Gasteiger partial charge is 0.312 e. The van der Waals surface area contributed by atoms with Crippen molar-refractivity contribution >= 4 is 17.3 Å². The molecular formula is C15H21N3O4. The topological polar surface area (TPSA) is 84.7 Å². The van der Waals surface area contributed by atoms with Crippen LogP contribution in [0, 0.1) is 16.0 Å². The van der Waals surface area contributed by atoms with Gasteiger partial charge in [0.05, 0.1) is 17.4 Å². The predicted molar refractivity (Wildman–Crippen MR) is 82.7 cm³/mol. The zero-order chi connectivity index (χ0) is 16.1. The van der Waals surface area contributed by atoms with Gasteiger partial charge in [0.15, 0.2) is 0 Å². The second-order valence-corrected chi connectivity index (χ2v) is 5.43. The fourth-order valence-electron chi connectivity index (χ4n) is 2.73. The van der Waals surface area contributed by atoms with Gasteiger partial charge in [-0.2, -0.15) is 0 Å². The molecule has 1 heterocycles. The van der Waals surface area contributed by atoms with Crippen molar-refractivity contribution in [2.45, 2.75) is 19.4 Å². The van der Waals surface area contributed by atoms with E-state index in [2.05, 4.69) is 10.2 Å². The maximum atomic E-state index is 12.1. The minimum absolute atomic E-state index is 0.0176. The third kappa shape index (κ3) is 3.73. The Kier molecular flexibility index (Phi) is 5.32. The van der Waals surface area contributed by atoms with Gasteiger partial charge in [-0.3, -0.25) is 14.9 Å². The largest absolute Gasteiger partial charge is 0.466 e. The molecule has 1 aromatic rings. The van der Waals surface area contributed by atoms with Crippen LogP contribution in [0.25, 0.3) is 0 Å². The van der Waals surface area contributed by atoms with Crippen molar-refractivity contribution in [2.75, 3.05) is 32.1 Å². The van der Waals surface area contributed by atoms with E-state index in [9.17, 15) is 14.9 Å². The van der Waals surface area contributed by atoms with E-state index in [1.165, 1.54) is 6.07 Å². The average molecular weight is 307 g/mol. The number of benzene rings is 1. The van der Waals surface area contributed by atoms with Crippen LogP contribution in [0.15, 0.2) is 24.3 Å². The molecule has 7 nitrogen and oxygen atoms in total. The van der Waals surface area contributed by atoms with Gasteiger partial charge >= 0.3 is 5.97 Å². The number of para-hydroxylation sites is 2. The number of ether oxygens (including phenoxy) is 1. The Balaban J connectivity index is 2.19. The minimum atomic E-state index is -0.420. The first-order valence-electron chi connectivity index (χ1n) is 7.38. The van der Waals surface area contributed by atoms with Crippen molar-refractivity contribution in [1.82, 2.24) is 4.90 Å².